The highest BCUT2D eigenvalue weighted by molar-refractivity contribution is 7.98. The fourth-order valence-corrected chi connectivity index (χ4v) is 2.99. The van der Waals surface area contributed by atoms with Gasteiger partial charge in [-0.25, -0.2) is 9.97 Å². The van der Waals surface area contributed by atoms with E-state index in [9.17, 15) is 0 Å². The second-order valence-electron chi connectivity index (χ2n) is 4.08. The molecule has 5 heteroatoms. The number of halogens is 2. The topological polar surface area (TPSA) is 25.8 Å². The van der Waals surface area contributed by atoms with Gasteiger partial charge in [0, 0.05) is 5.75 Å². The Morgan fingerprint density at radius 1 is 1.11 bits per heavy atom. The van der Waals surface area contributed by atoms with E-state index >= 15 is 0 Å². The molecule has 0 aliphatic carbocycles. The summed E-state index contributed by atoms with van der Waals surface area (Å²) < 4.78 is 0. The van der Waals surface area contributed by atoms with Gasteiger partial charge < -0.3 is 0 Å². The predicted octanol–water partition coefficient (Wildman–Crippen LogP) is 4.69. The summed E-state index contributed by atoms with van der Waals surface area (Å²) in [6.45, 7) is 4.19. The first-order chi connectivity index (χ1) is 8.54. The van der Waals surface area contributed by atoms with Gasteiger partial charge in [0.15, 0.2) is 0 Å². The van der Waals surface area contributed by atoms with Crippen molar-refractivity contribution in [2.24, 2.45) is 0 Å². The van der Waals surface area contributed by atoms with Gasteiger partial charge in [-0.15, -0.1) is 0 Å². The van der Waals surface area contributed by atoms with Crippen molar-refractivity contribution in [1.29, 1.82) is 0 Å². The smallest absolute Gasteiger partial charge is 0.223 e. The highest BCUT2D eigenvalue weighted by Gasteiger charge is 2.06. The molecule has 0 aliphatic rings. The molecule has 0 unspecified atom stereocenters. The van der Waals surface area contributed by atoms with E-state index in [1.807, 2.05) is 0 Å². The molecule has 0 atom stereocenters. The quantitative estimate of drug-likeness (QED) is 0.467. The minimum atomic E-state index is 0.224. The normalized spacial score (nSPS) is 10.7. The maximum Gasteiger partial charge on any atom is 0.223 e. The summed E-state index contributed by atoms with van der Waals surface area (Å²) in [7, 11) is 0. The fraction of sp³-hybridized carbons (Fsp3) is 0.231. The molecule has 0 radical (unpaired) electrons. The van der Waals surface area contributed by atoms with Gasteiger partial charge in [0.25, 0.3) is 0 Å². The average Bonchev–Trinajstić information content (AvgIpc) is 2.29. The van der Waals surface area contributed by atoms with Gasteiger partial charge in [-0.1, -0.05) is 52.7 Å². The van der Waals surface area contributed by atoms with Gasteiger partial charge in [0.1, 0.15) is 5.03 Å². The first-order valence-electron chi connectivity index (χ1n) is 5.42. The van der Waals surface area contributed by atoms with Crippen molar-refractivity contribution in [3.63, 3.8) is 0 Å². The van der Waals surface area contributed by atoms with E-state index < -0.39 is 0 Å². The highest BCUT2D eigenvalue weighted by atomic mass is 35.5. The number of nitrogens with zero attached hydrogens (tertiary/aromatic N) is 2. The van der Waals surface area contributed by atoms with E-state index in [2.05, 4.69) is 42.0 Å². The van der Waals surface area contributed by atoms with E-state index in [4.69, 9.17) is 23.2 Å². The minimum Gasteiger partial charge on any atom is -0.225 e. The van der Waals surface area contributed by atoms with E-state index in [0.29, 0.717) is 5.02 Å². The molecule has 2 rings (SSSR count). The second kappa shape index (κ2) is 5.91. The van der Waals surface area contributed by atoms with E-state index in [1.165, 1.54) is 22.9 Å². The van der Waals surface area contributed by atoms with Crippen molar-refractivity contribution in [3.8, 4) is 0 Å². The van der Waals surface area contributed by atoms with Gasteiger partial charge in [-0.3, -0.25) is 0 Å². The molecule has 0 N–H and O–H groups in total. The molecule has 0 saturated heterocycles. The van der Waals surface area contributed by atoms with Crippen LogP contribution in [0.2, 0.25) is 10.3 Å². The molecule has 2 nitrogen and oxygen atoms in total. The SMILES string of the molecule is Cc1cc(C)cc(CSc2nc(Cl)ncc2Cl)c1. The number of hydrogen-bond acceptors (Lipinski definition) is 3. The number of thioether (sulfide) groups is 1. The van der Waals surface area contributed by atoms with E-state index in [1.54, 1.807) is 11.8 Å². The van der Waals surface area contributed by atoms with Gasteiger partial charge in [0.05, 0.1) is 11.2 Å². The molecule has 18 heavy (non-hydrogen) atoms. The molecule has 94 valence electrons. The van der Waals surface area contributed by atoms with Crippen molar-refractivity contribution in [2.45, 2.75) is 24.6 Å². The molecular formula is C13H12Cl2N2S. The van der Waals surface area contributed by atoms with Crippen LogP contribution in [0.1, 0.15) is 16.7 Å². The van der Waals surface area contributed by atoms with Gasteiger partial charge in [0.2, 0.25) is 5.28 Å². The zero-order chi connectivity index (χ0) is 13.1. The number of aryl methyl sites for hydroxylation is 2. The number of benzene rings is 1. The predicted molar refractivity (Wildman–Crippen MR) is 77.5 cm³/mol. The van der Waals surface area contributed by atoms with Crippen LogP contribution in [0, 0.1) is 13.8 Å². The largest absolute Gasteiger partial charge is 0.225 e. The minimum absolute atomic E-state index is 0.224. The molecule has 0 bridgehead atoms. The third kappa shape index (κ3) is 3.61. The van der Waals surface area contributed by atoms with Crippen molar-refractivity contribution in [2.75, 3.05) is 0 Å². The molecular weight excluding hydrogens is 287 g/mol. The molecule has 0 saturated carbocycles. The lowest BCUT2D eigenvalue weighted by atomic mass is 10.1. The highest BCUT2D eigenvalue weighted by Crippen LogP contribution is 2.28. The number of hydrogen-bond donors (Lipinski definition) is 0. The summed E-state index contributed by atoms with van der Waals surface area (Å²) in [5, 5.41) is 1.48. The first-order valence-corrected chi connectivity index (χ1v) is 7.17. The maximum absolute atomic E-state index is 6.02. The van der Waals surface area contributed by atoms with Crippen LogP contribution in [0.5, 0.6) is 0 Å². The molecule has 0 aliphatic heterocycles. The molecule has 0 amide bonds. The summed E-state index contributed by atoms with van der Waals surface area (Å²) in [5.41, 5.74) is 3.78. The summed E-state index contributed by atoms with van der Waals surface area (Å²) in [4.78, 5) is 7.95. The Hall–Kier alpha value is -0.770. The Kier molecular flexibility index (Phi) is 4.49. The van der Waals surface area contributed by atoms with Crippen LogP contribution < -0.4 is 0 Å². The Labute approximate surface area is 121 Å². The van der Waals surface area contributed by atoms with Crippen molar-refractivity contribution in [1.82, 2.24) is 9.97 Å². The summed E-state index contributed by atoms with van der Waals surface area (Å²) in [5.74, 6) is 0.815. The van der Waals surface area contributed by atoms with Crippen LogP contribution in [-0.4, -0.2) is 9.97 Å². The molecule has 0 spiro atoms. The number of aromatic nitrogens is 2. The Morgan fingerprint density at radius 2 is 1.78 bits per heavy atom. The van der Waals surface area contributed by atoms with Gasteiger partial charge in [-0.2, -0.15) is 0 Å². The van der Waals surface area contributed by atoms with Crippen LogP contribution in [-0.2, 0) is 5.75 Å². The molecule has 1 heterocycles. The zero-order valence-corrected chi connectivity index (χ0v) is 12.4. The van der Waals surface area contributed by atoms with Gasteiger partial charge >= 0.3 is 0 Å². The number of rotatable bonds is 3. The molecule has 1 aromatic carbocycles. The first kappa shape index (κ1) is 13.7. The Balaban J connectivity index is 2.13. The lowest BCUT2D eigenvalue weighted by Gasteiger charge is -2.06. The monoisotopic (exact) mass is 298 g/mol. The lowest BCUT2D eigenvalue weighted by molar-refractivity contribution is 1.05. The standard InChI is InChI=1S/C13H12Cl2N2S/c1-8-3-9(2)5-10(4-8)7-18-12-11(14)6-16-13(15)17-12/h3-6H,7H2,1-2H3. The third-order valence-electron chi connectivity index (χ3n) is 2.34. The lowest BCUT2D eigenvalue weighted by Crippen LogP contribution is -1.89. The Morgan fingerprint density at radius 3 is 2.44 bits per heavy atom. The second-order valence-corrected chi connectivity index (χ2v) is 5.79. The van der Waals surface area contributed by atoms with Crippen molar-refractivity contribution >= 4 is 35.0 Å². The van der Waals surface area contributed by atoms with Crippen LogP contribution >= 0.6 is 35.0 Å². The maximum atomic E-state index is 6.02. The molecule has 2 aromatic rings. The van der Waals surface area contributed by atoms with Gasteiger partial charge in [-0.05, 0) is 31.0 Å². The van der Waals surface area contributed by atoms with Crippen molar-refractivity contribution < 1.29 is 0 Å². The Bertz CT molecular complexity index is 553. The van der Waals surface area contributed by atoms with Crippen LogP contribution in [0.3, 0.4) is 0 Å². The third-order valence-corrected chi connectivity index (χ3v) is 3.97. The summed E-state index contributed by atoms with van der Waals surface area (Å²) in [6, 6.07) is 6.48. The molecule has 0 fully saturated rings. The van der Waals surface area contributed by atoms with E-state index in [-0.39, 0.29) is 5.28 Å². The summed E-state index contributed by atoms with van der Waals surface area (Å²) >= 11 is 13.3. The zero-order valence-electron chi connectivity index (χ0n) is 10.1. The summed E-state index contributed by atoms with van der Waals surface area (Å²) in [6.07, 6.45) is 1.53. The van der Waals surface area contributed by atoms with Crippen LogP contribution in [0.4, 0.5) is 0 Å². The average molecular weight is 299 g/mol. The molecule has 1 aromatic heterocycles. The fourth-order valence-electron chi connectivity index (χ4n) is 1.74. The van der Waals surface area contributed by atoms with Crippen LogP contribution in [0.25, 0.3) is 0 Å². The van der Waals surface area contributed by atoms with E-state index in [0.717, 1.165) is 10.8 Å². The van der Waals surface area contributed by atoms with Crippen molar-refractivity contribution in [3.05, 3.63) is 51.4 Å². The van der Waals surface area contributed by atoms with Crippen LogP contribution in [0.15, 0.2) is 29.4 Å².